The van der Waals surface area contributed by atoms with Gasteiger partial charge in [0.05, 0.1) is 6.04 Å². The second-order valence-corrected chi connectivity index (χ2v) is 5.59. The molecule has 1 atom stereocenters. The topological polar surface area (TPSA) is 12.0 Å². The zero-order chi connectivity index (χ0) is 14.5. The van der Waals surface area contributed by atoms with Gasteiger partial charge in [0, 0.05) is 0 Å². The molecule has 0 saturated heterocycles. The molecule has 2 aromatic rings. The summed E-state index contributed by atoms with van der Waals surface area (Å²) >= 11 is 0. The van der Waals surface area contributed by atoms with Gasteiger partial charge in [0.1, 0.15) is 0 Å². The first-order chi connectivity index (χ1) is 9.63. The zero-order valence-electron chi connectivity index (χ0n) is 13.0. The summed E-state index contributed by atoms with van der Waals surface area (Å²) in [5, 5.41) is 3.70. The highest BCUT2D eigenvalue weighted by Gasteiger charge is 2.16. The lowest BCUT2D eigenvalue weighted by molar-refractivity contribution is 0.595. The summed E-state index contributed by atoms with van der Waals surface area (Å²) in [7, 11) is 0. The van der Waals surface area contributed by atoms with Crippen molar-refractivity contribution in [3.8, 4) is 0 Å². The fourth-order valence-electron chi connectivity index (χ4n) is 2.63. The maximum Gasteiger partial charge on any atom is 0.0579 e. The third kappa shape index (κ3) is 3.29. The maximum atomic E-state index is 3.70. The quantitative estimate of drug-likeness (QED) is 0.828. The number of benzene rings is 2. The van der Waals surface area contributed by atoms with Crippen molar-refractivity contribution in [1.29, 1.82) is 0 Å². The summed E-state index contributed by atoms with van der Waals surface area (Å²) in [5.74, 6) is 0. The van der Waals surface area contributed by atoms with Crippen LogP contribution in [0.5, 0.6) is 0 Å². The molecule has 0 aliphatic rings. The second-order valence-electron chi connectivity index (χ2n) is 5.59. The van der Waals surface area contributed by atoms with Crippen molar-refractivity contribution in [2.75, 3.05) is 6.54 Å². The lowest BCUT2D eigenvalue weighted by atomic mass is 9.92. The highest BCUT2D eigenvalue weighted by Crippen LogP contribution is 2.27. The van der Waals surface area contributed by atoms with Gasteiger partial charge < -0.3 is 5.32 Å². The van der Waals surface area contributed by atoms with Crippen LogP contribution >= 0.6 is 0 Å². The fourth-order valence-corrected chi connectivity index (χ4v) is 2.63. The minimum atomic E-state index is 0.287. The standard InChI is InChI=1S/C19H25N/c1-5-12-20-19(17-10-6-8-14(2)13-17)18-11-7-9-15(3)16(18)4/h6-11,13,19-20H,5,12H2,1-4H3. The van der Waals surface area contributed by atoms with E-state index in [0.29, 0.717) is 0 Å². The van der Waals surface area contributed by atoms with Gasteiger partial charge in [-0.3, -0.25) is 0 Å². The zero-order valence-corrected chi connectivity index (χ0v) is 13.0. The van der Waals surface area contributed by atoms with Gasteiger partial charge in [-0.1, -0.05) is 55.0 Å². The normalized spacial score (nSPS) is 12.4. The van der Waals surface area contributed by atoms with E-state index in [2.05, 4.69) is 75.5 Å². The Bertz CT molecular complexity index is 572. The van der Waals surface area contributed by atoms with Crippen molar-refractivity contribution >= 4 is 0 Å². The summed E-state index contributed by atoms with van der Waals surface area (Å²) in [5.41, 5.74) is 6.81. The molecule has 1 unspecified atom stereocenters. The Hall–Kier alpha value is -1.60. The summed E-state index contributed by atoms with van der Waals surface area (Å²) in [6, 6.07) is 15.7. The van der Waals surface area contributed by atoms with Crippen molar-refractivity contribution in [1.82, 2.24) is 5.32 Å². The Kier molecular flexibility index (Phi) is 4.97. The van der Waals surface area contributed by atoms with Gasteiger partial charge in [0.2, 0.25) is 0 Å². The van der Waals surface area contributed by atoms with Crippen molar-refractivity contribution in [3.05, 3.63) is 70.3 Å². The SMILES string of the molecule is CCCNC(c1cccc(C)c1)c1cccc(C)c1C. The summed E-state index contributed by atoms with van der Waals surface area (Å²) in [6.07, 6.45) is 1.15. The molecule has 0 heterocycles. The molecule has 0 radical (unpaired) electrons. The molecule has 1 heteroatoms. The van der Waals surface area contributed by atoms with Gasteiger partial charge in [-0.15, -0.1) is 0 Å². The van der Waals surface area contributed by atoms with Crippen LogP contribution in [0.3, 0.4) is 0 Å². The Balaban J connectivity index is 2.44. The Morgan fingerprint density at radius 2 is 1.75 bits per heavy atom. The largest absolute Gasteiger partial charge is 0.306 e. The van der Waals surface area contributed by atoms with Gasteiger partial charge in [-0.05, 0) is 56.0 Å². The van der Waals surface area contributed by atoms with Crippen LogP contribution < -0.4 is 5.32 Å². The molecule has 0 fully saturated rings. The van der Waals surface area contributed by atoms with E-state index in [0.717, 1.165) is 13.0 Å². The first kappa shape index (κ1) is 14.8. The molecule has 20 heavy (non-hydrogen) atoms. The molecule has 0 aromatic heterocycles. The number of nitrogens with one attached hydrogen (secondary N) is 1. The van der Waals surface area contributed by atoms with Crippen molar-refractivity contribution in [2.24, 2.45) is 0 Å². The van der Waals surface area contributed by atoms with E-state index >= 15 is 0 Å². The molecule has 0 aliphatic heterocycles. The van der Waals surface area contributed by atoms with Crippen LogP contribution in [-0.4, -0.2) is 6.54 Å². The van der Waals surface area contributed by atoms with Crippen LogP contribution in [0, 0.1) is 20.8 Å². The van der Waals surface area contributed by atoms with E-state index in [4.69, 9.17) is 0 Å². The summed E-state index contributed by atoms with van der Waals surface area (Å²) < 4.78 is 0. The van der Waals surface area contributed by atoms with Crippen molar-refractivity contribution < 1.29 is 0 Å². The predicted molar refractivity (Wildman–Crippen MR) is 87.2 cm³/mol. The lowest BCUT2D eigenvalue weighted by Gasteiger charge is -2.23. The molecule has 0 saturated carbocycles. The smallest absolute Gasteiger partial charge is 0.0579 e. The average molecular weight is 267 g/mol. The molecule has 1 nitrogen and oxygen atoms in total. The molecule has 0 aliphatic carbocycles. The molecule has 0 spiro atoms. The van der Waals surface area contributed by atoms with E-state index < -0.39 is 0 Å². The van der Waals surface area contributed by atoms with Gasteiger partial charge in [0.15, 0.2) is 0 Å². The van der Waals surface area contributed by atoms with Crippen LogP contribution in [0.1, 0.15) is 47.2 Å². The molecular weight excluding hydrogens is 242 g/mol. The van der Waals surface area contributed by atoms with Crippen molar-refractivity contribution in [2.45, 2.75) is 40.2 Å². The molecule has 106 valence electrons. The van der Waals surface area contributed by atoms with Crippen molar-refractivity contribution in [3.63, 3.8) is 0 Å². The van der Waals surface area contributed by atoms with Crippen LogP contribution in [0.4, 0.5) is 0 Å². The van der Waals surface area contributed by atoms with Gasteiger partial charge in [0.25, 0.3) is 0 Å². The molecule has 1 N–H and O–H groups in total. The third-order valence-electron chi connectivity index (χ3n) is 3.93. The molecular formula is C19H25N. The Morgan fingerprint density at radius 1 is 1.00 bits per heavy atom. The number of hydrogen-bond donors (Lipinski definition) is 1. The number of hydrogen-bond acceptors (Lipinski definition) is 1. The summed E-state index contributed by atoms with van der Waals surface area (Å²) in [4.78, 5) is 0. The highest BCUT2D eigenvalue weighted by atomic mass is 14.9. The van der Waals surface area contributed by atoms with E-state index in [1.807, 2.05) is 0 Å². The van der Waals surface area contributed by atoms with Gasteiger partial charge in [-0.25, -0.2) is 0 Å². The number of aryl methyl sites for hydroxylation is 2. The maximum absolute atomic E-state index is 3.70. The van der Waals surface area contributed by atoms with Crippen LogP contribution in [0.2, 0.25) is 0 Å². The predicted octanol–water partition coefficient (Wildman–Crippen LogP) is 4.70. The Labute approximate surface area is 123 Å². The van der Waals surface area contributed by atoms with Gasteiger partial charge >= 0.3 is 0 Å². The average Bonchev–Trinajstić information content (AvgIpc) is 2.44. The fraction of sp³-hybridized carbons (Fsp3) is 0.368. The monoisotopic (exact) mass is 267 g/mol. The van der Waals surface area contributed by atoms with E-state index in [1.54, 1.807) is 0 Å². The second kappa shape index (κ2) is 6.71. The lowest BCUT2D eigenvalue weighted by Crippen LogP contribution is -2.24. The van der Waals surface area contributed by atoms with E-state index in [9.17, 15) is 0 Å². The van der Waals surface area contributed by atoms with Gasteiger partial charge in [-0.2, -0.15) is 0 Å². The van der Waals surface area contributed by atoms with Crippen LogP contribution in [-0.2, 0) is 0 Å². The molecule has 2 rings (SSSR count). The number of rotatable bonds is 5. The Morgan fingerprint density at radius 3 is 2.45 bits per heavy atom. The molecule has 0 bridgehead atoms. The summed E-state index contributed by atoms with van der Waals surface area (Å²) in [6.45, 7) is 9.81. The minimum absolute atomic E-state index is 0.287. The van der Waals surface area contributed by atoms with E-state index in [1.165, 1.54) is 27.8 Å². The minimum Gasteiger partial charge on any atom is -0.306 e. The molecule has 0 amide bonds. The van der Waals surface area contributed by atoms with Crippen LogP contribution in [0.25, 0.3) is 0 Å². The first-order valence-corrected chi connectivity index (χ1v) is 7.49. The molecule has 2 aromatic carbocycles. The van der Waals surface area contributed by atoms with E-state index in [-0.39, 0.29) is 6.04 Å². The highest BCUT2D eigenvalue weighted by molar-refractivity contribution is 5.41. The third-order valence-corrected chi connectivity index (χ3v) is 3.93. The first-order valence-electron chi connectivity index (χ1n) is 7.49. The van der Waals surface area contributed by atoms with Crippen LogP contribution in [0.15, 0.2) is 42.5 Å².